The normalized spacial score (nSPS) is 15.5. The van der Waals surface area contributed by atoms with Crippen LogP contribution in [0.4, 0.5) is 14.6 Å². The van der Waals surface area contributed by atoms with Gasteiger partial charge in [0.05, 0.1) is 13.7 Å². The second kappa shape index (κ2) is 10.5. The first-order chi connectivity index (χ1) is 15.2. The van der Waals surface area contributed by atoms with Gasteiger partial charge >= 0.3 is 10.2 Å². The number of nitrogens with one attached hydrogen (secondary N) is 1. The third kappa shape index (κ3) is 5.91. The fraction of sp³-hybridized carbons (Fsp3) is 0.421. The van der Waals surface area contributed by atoms with E-state index in [9.17, 15) is 22.0 Å². The molecule has 1 aliphatic rings. The molecule has 1 aromatic carbocycles. The molecule has 0 radical (unpaired) electrons. The number of benzene rings is 1. The maximum atomic E-state index is 13.9. The summed E-state index contributed by atoms with van der Waals surface area (Å²) in [6.45, 7) is 0.291. The second-order valence-electron chi connectivity index (χ2n) is 7.03. The second-order valence-corrected chi connectivity index (χ2v) is 9.64. The Bertz CT molecular complexity index is 1080. The molecule has 2 heterocycles. The average molecular weight is 488 g/mol. The molecule has 1 aromatic heterocycles. The lowest BCUT2D eigenvalue weighted by Gasteiger charge is -2.30. The molecule has 1 fully saturated rings. The summed E-state index contributed by atoms with van der Waals surface area (Å²) in [4.78, 5) is 20.0. The van der Waals surface area contributed by atoms with Gasteiger partial charge < -0.3 is 10.5 Å². The first-order valence-corrected chi connectivity index (χ1v) is 12.2. The van der Waals surface area contributed by atoms with E-state index in [0.29, 0.717) is 12.8 Å². The third-order valence-corrected chi connectivity index (χ3v) is 7.37. The predicted octanol–water partition coefficient (Wildman–Crippen LogP) is 1.95. The number of carbonyl (C=O) groups is 1. The molecule has 0 bridgehead atoms. The summed E-state index contributed by atoms with van der Waals surface area (Å²) in [6, 6.07) is 5.17. The molecule has 0 aliphatic carbocycles. The van der Waals surface area contributed by atoms with Crippen LogP contribution in [0.25, 0.3) is 0 Å². The van der Waals surface area contributed by atoms with Crippen LogP contribution in [0.1, 0.15) is 18.4 Å². The van der Waals surface area contributed by atoms with Crippen molar-refractivity contribution in [1.82, 2.24) is 14.3 Å². The molecule has 3 N–H and O–H groups in total. The van der Waals surface area contributed by atoms with Gasteiger partial charge in [0.2, 0.25) is 5.88 Å². The minimum Gasteiger partial charge on any atom is -0.481 e. The van der Waals surface area contributed by atoms with Crippen LogP contribution in [0.2, 0.25) is 0 Å². The SMILES string of the molecule is COc1cc(NS(=O)(=O)N2CCC(C(=O)CN)CC2)nc(SCc2cccc(F)c2F)n1. The van der Waals surface area contributed by atoms with Gasteiger partial charge in [0, 0.05) is 36.4 Å². The lowest BCUT2D eigenvalue weighted by atomic mass is 9.94. The Balaban J connectivity index is 1.71. The number of ketones is 1. The van der Waals surface area contributed by atoms with E-state index in [1.54, 1.807) is 0 Å². The molecule has 32 heavy (non-hydrogen) atoms. The fourth-order valence-electron chi connectivity index (χ4n) is 3.21. The molecule has 9 nitrogen and oxygen atoms in total. The highest BCUT2D eigenvalue weighted by Gasteiger charge is 2.31. The highest BCUT2D eigenvalue weighted by Crippen LogP contribution is 2.27. The molecule has 1 saturated heterocycles. The van der Waals surface area contributed by atoms with E-state index < -0.39 is 21.8 Å². The van der Waals surface area contributed by atoms with Crippen molar-refractivity contribution in [3.63, 3.8) is 0 Å². The number of halogens is 2. The van der Waals surface area contributed by atoms with Crippen LogP contribution in [0, 0.1) is 17.6 Å². The minimum atomic E-state index is -3.94. The number of carbonyl (C=O) groups excluding carboxylic acids is 1. The first kappa shape index (κ1) is 24.3. The number of anilines is 1. The topological polar surface area (TPSA) is 128 Å². The number of nitrogens with two attached hydrogens (primary N) is 1. The van der Waals surface area contributed by atoms with Crippen LogP contribution in [0.3, 0.4) is 0 Å². The summed E-state index contributed by atoms with van der Waals surface area (Å²) >= 11 is 1.00. The van der Waals surface area contributed by atoms with Crippen LogP contribution < -0.4 is 15.2 Å². The van der Waals surface area contributed by atoms with Gasteiger partial charge in [0.25, 0.3) is 0 Å². The molecule has 0 unspecified atom stereocenters. The number of hydrogen-bond acceptors (Lipinski definition) is 8. The highest BCUT2D eigenvalue weighted by atomic mass is 32.2. The Hall–Kier alpha value is -2.35. The van der Waals surface area contributed by atoms with E-state index in [2.05, 4.69) is 14.7 Å². The Labute approximate surface area is 188 Å². The molecule has 2 aromatic rings. The summed E-state index contributed by atoms with van der Waals surface area (Å²) in [7, 11) is -2.58. The first-order valence-electron chi connectivity index (χ1n) is 9.73. The molecule has 13 heteroatoms. The summed E-state index contributed by atoms with van der Waals surface area (Å²) in [5, 5.41) is 0.123. The zero-order valence-corrected chi connectivity index (χ0v) is 18.9. The van der Waals surface area contributed by atoms with Crippen LogP contribution in [0.5, 0.6) is 5.88 Å². The number of ether oxygens (including phenoxy) is 1. The molecule has 3 rings (SSSR count). The molecule has 0 amide bonds. The largest absolute Gasteiger partial charge is 0.481 e. The standard InChI is InChI=1S/C19H23F2N5O4S2/c1-30-17-9-16(23-19(24-17)31-11-13-3-2-4-14(20)18(13)21)25-32(28,29)26-7-5-12(6-8-26)15(27)10-22/h2-4,9,12H,5-8,10-11,22H2,1H3,(H,23,24,25). The quantitative estimate of drug-likeness (QED) is 0.406. The maximum Gasteiger partial charge on any atom is 0.302 e. The number of methoxy groups -OCH3 is 1. The van der Waals surface area contributed by atoms with Crippen molar-refractivity contribution in [3.8, 4) is 5.88 Å². The van der Waals surface area contributed by atoms with Crippen molar-refractivity contribution in [2.45, 2.75) is 23.8 Å². The van der Waals surface area contributed by atoms with E-state index >= 15 is 0 Å². The summed E-state index contributed by atoms with van der Waals surface area (Å²) in [5.41, 5.74) is 5.51. The monoisotopic (exact) mass is 487 g/mol. The molecule has 1 aliphatic heterocycles. The fourth-order valence-corrected chi connectivity index (χ4v) is 5.22. The number of Topliss-reactive ketones (excluding diaryl/α,β-unsaturated/α-hetero) is 1. The van der Waals surface area contributed by atoms with Gasteiger partial charge in [-0.05, 0) is 18.9 Å². The van der Waals surface area contributed by atoms with Crippen LogP contribution >= 0.6 is 11.8 Å². The zero-order valence-electron chi connectivity index (χ0n) is 17.3. The van der Waals surface area contributed by atoms with Gasteiger partial charge in [-0.1, -0.05) is 23.9 Å². The van der Waals surface area contributed by atoms with E-state index in [1.165, 1.54) is 29.6 Å². The Morgan fingerprint density at radius 1 is 1.31 bits per heavy atom. The van der Waals surface area contributed by atoms with Crippen LogP contribution in [0.15, 0.2) is 29.4 Å². The third-order valence-electron chi connectivity index (χ3n) is 4.96. The molecule has 0 atom stereocenters. The lowest BCUT2D eigenvalue weighted by molar-refractivity contribution is -0.122. The molecular formula is C19H23F2N5O4S2. The summed E-state index contributed by atoms with van der Waals surface area (Å²) < 4.78 is 61.6. The van der Waals surface area contributed by atoms with Gasteiger partial charge in [0.15, 0.2) is 16.8 Å². The molecule has 174 valence electrons. The molecule has 0 spiro atoms. The van der Waals surface area contributed by atoms with E-state index in [1.807, 2.05) is 0 Å². The Morgan fingerprint density at radius 2 is 2.03 bits per heavy atom. The maximum absolute atomic E-state index is 13.9. The minimum absolute atomic E-state index is 0.0285. The number of aromatic nitrogens is 2. The number of hydrogen-bond donors (Lipinski definition) is 2. The number of thioether (sulfide) groups is 1. The van der Waals surface area contributed by atoms with E-state index in [0.717, 1.165) is 17.8 Å². The van der Waals surface area contributed by atoms with Gasteiger partial charge in [-0.25, -0.2) is 13.8 Å². The van der Waals surface area contributed by atoms with Crippen molar-refractivity contribution in [3.05, 3.63) is 41.5 Å². The predicted molar refractivity (Wildman–Crippen MR) is 115 cm³/mol. The van der Waals surface area contributed by atoms with Crippen molar-refractivity contribution in [1.29, 1.82) is 0 Å². The smallest absolute Gasteiger partial charge is 0.302 e. The Kier molecular flexibility index (Phi) is 7.98. The van der Waals surface area contributed by atoms with Crippen molar-refractivity contribution in [2.24, 2.45) is 11.7 Å². The van der Waals surface area contributed by atoms with Gasteiger partial charge in [0.1, 0.15) is 11.6 Å². The van der Waals surface area contributed by atoms with Crippen LogP contribution in [-0.2, 0) is 20.8 Å². The summed E-state index contributed by atoms with van der Waals surface area (Å²) in [5.74, 6) is -2.12. The van der Waals surface area contributed by atoms with Gasteiger partial charge in [-0.15, -0.1) is 0 Å². The van der Waals surface area contributed by atoms with E-state index in [4.69, 9.17) is 10.5 Å². The highest BCUT2D eigenvalue weighted by molar-refractivity contribution is 7.98. The van der Waals surface area contributed by atoms with Gasteiger partial charge in [-0.2, -0.15) is 17.7 Å². The lowest BCUT2D eigenvalue weighted by Crippen LogP contribution is -2.43. The number of rotatable bonds is 9. The van der Waals surface area contributed by atoms with E-state index in [-0.39, 0.29) is 59.5 Å². The van der Waals surface area contributed by atoms with Crippen molar-refractivity contribution < 1.29 is 26.7 Å². The van der Waals surface area contributed by atoms with Crippen LogP contribution in [-0.4, -0.2) is 55.2 Å². The molecule has 0 saturated carbocycles. The van der Waals surface area contributed by atoms with Crippen molar-refractivity contribution in [2.75, 3.05) is 31.5 Å². The van der Waals surface area contributed by atoms with Crippen molar-refractivity contribution >= 4 is 33.6 Å². The average Bonchev–Trinajstić information content (AvgIpc) is 2.79. The Morgan fingerprint density at radius 3 is 2.69 bits per heavy atom. The van der Waals surface area contributed by atoms with Gasteiger partial charge in [-0.3, -0.25) is 9.52 Å². The zero-order chi connectivity index (χ0) is 23.3. The number of piperidine rings is 1. The summed E-state index contributed by atoms with van der Waals surface area (Å²) in [6.07, 6.45) is 0.786. The number of nitrogens with zero attached hydrogens (tertiary/aromatic N) is 3. The molecular weight excluding hydrogens is 464 g/mol.